The molecule has 0 spiro atoms. The minimum atomic E-state index is -1.36. The van der Waals surface area contributed by atoms with Gasteiger partial charge >= 0.3 is 11.4 Å². The molecule has 0 aliphatic rings. The number of nitrogens with one attached hydrogen (secondary N) is 4. The summed E-state index contributed by atoms with van der Waals surface area (Å²) in [6, 6.07) is 4.58. The number of aromatic hydroxyl groups is 2. The van der Waals surface area contributed by atoms with Crippen molar-refractivity contribution in [3.63, 3.8) is 0 Å². The molecule has 11 heteroatoms. The molecule has 0 aliphatic heterocycles. The number of rotatable bonds is 3. The molecule has 11 nitrogen and oxygen atoms in total. The van der Waals surface area contributed by atoms with Crippen molar-refractivity contribution < 1.29 is 10.2 Å². The van der Waals surface area contributed by atoms with Gasteiger partial charge in [0.25, 0.3) is 11.1 Å². The molecule has 3 aromatic rings. The van der Waals surface area contributed by atoms with Gasteiger partial charge in [0, 0.05) is 6.20 Å². The molecule has 3 rings (SSSR count). The third-order valence-electron chi connectivity index (χ3n) is 3.48. The van der Waals surface area contributed by atoms with Crippen molar-refractivity contribution in [3.05, 3.63) is 82.9 Å². The lowest BCUT2D eigenvalue weighted by molar-refractivity contribution is 0.428. The van der Waals surface area contributed by atoms with Crippen molar-refractivity contribution in [2.24, 2.45) is 0 Å². The fourth-order valence-corrected chi connectivity index (χ4v) is 2.49. The van der Waals surface area contributed by atoms with Crippen LogP contribution in [-0.4, -0.2) is 35.1 Å². The molecule has 0 unspecified atom stereocenters. The summed E-state index contributed by atoms with van der Waals surface area (Å²) in [5, 5.41) is 20.1. The van der Waals surface area contributed by atoms with Crippen molar-refractivity contribution >= 4 is 0 Å². The van der Waals surface area contributed by atoms with Gasteiger partial charge in [0.1, 0.15) is 0 Å². The Morgan fingerprint density at radius 1 is 0.800 bits per heavy atom. The Kier molecular flexibility index (Phi) is 3.81. The predicted molar refractivity (Wildman–Crippen MR) is 83.9 cm³/mol. The lowest BCUT2D eigenvalue weighted by atomic mass is 9.90. The van der Waals surface area contributed by atoms with E-state index in [0.29, 0.717) is 0 Å². The van der Waals surface area contributed by atoms with Gasteiger partial charge in [-0.1, -0.05) is 6.07 Å². The lowest BCUT2D eigenvalue weighted by Gasteiger charge is -2.17. The van der Waals surface area contributed by atoms with Crippen molar-refractivity contribution in [3.8, 4) is 11.8 Å². The minimum Gasteiger partial charge on any atom is -0.494 e. The summed E-state index contributed by atoms with van der Waals surface area (Å²) in [5.74, 6) is -2.95. The van der Waals surface area contributed by atoms with E-state index in [9.17, 15) is 29.4 Å². The average Bonchev–Trinajstić information content (AvgIpc) is 2.52. The summed E-state index contributed by atoms with van der Waals surface area (Å²) >= 11 is 0. The molecule has 128 valence electrons. The fraction of sp³-hybridized carbons (Fsp3) is 0.0714. The second-order valence-corrected chi connectivity index (χ2v) is 5.03. The summed E-state index contributed by atoms with van der Waals surface area (Å²) in [7, 11) is 0. The summed E-state index contributed by atoms with van der Waals surface area (Å²) < 4.78 is 0. The normalized spacial score (nSPS) is 10.9. The van der Waals surface area contributed by atoms with Crippen LogP contribution >= 0.6 is 0 Å². The molecule has 0 aromatic carbocycles. The smallest absolute Gasteiger partial charge is 0.328 e. The quantitative estimate of drug-likeness (QED) is 0.331. The van der Waals surface area contributed by atoms with Crippen molar-refractivity contribution in [2.45, 2.75) is 5.92 Å². The maximum Gasteiger partial charge on any atom is 0.328 e. The number of hydrogen-bond donors (Lipinski definition) is 6. The van der Waals surface area contributed by atoms with Gasteiger partial charge in [-0.15, -0.1) is 0 Å². The fourth-order valence-electron chi connectivity index (χ4n) is 2.49. The second-order valence-electron chi connectivity index (χ2n) is 5.03. The zero-order valence-corrected chi connectivity index (χ0v) is 12.4. The van der Waals surface area contributed by atoms with Gasteiger partial charge in [0.2, 0.25) is 11.8 Å². The van der Waals surface area contributed by atoms with Crippen molar-refractivity contribution in [2.75, 3.05) is 0 Å². The van der Waals surface area contributed by atoms with Gasteiger partial charge in [-0.3, -0.25) is 34.5 Å². The summed E-state index contributed by atoms with van der Waals surface area (Å²) in [5.41, 5.74) is -4.61. The number of aromatic nitrogens is 5. The van der Waals surface area contributed by atoms with Crippen LogP contribution in [0.15, 0.2) is 43.6 Å². The Balaban J connectivity index is 2.42. The summed E-state index contributed by atoms with van der Waals surface area (Å²) in [4.78, 5) is 58.9. The van der Waals surface area contributed by atoms with Gasteiger partial charge in [-0.05, 0) is 12.1 Å². The van der Waals surface area contributed by atoms with Crippen molar-refractivity contribution in [1.29, 1.82) is 0 Å². The molecule has 0 amide bonds. The van der Waals surface area contributed by atoms with Crippen LogP contribution in [0, 0.1) is 0 Å². The van der Waals surface area contributed by atoms with E-state index in [0.717, 1.165) is 0 Å². The highest BCUT2D eigenvalue weighted by Crippen LogP contribution is 2.33. The zero-order chi connectivity index (χ0) is 18.1. The summed E-state index contributed by atoms with van der Waals surface area (Å²) in [6.07, 6.45) is 1.37. The van der Waals surface area contributed by atoms with Crippen LogP contribution in [0.2, 0.25) is 0 Å². The molecule has 25 heavy (non-hydrogen) atoms. The molecule has 3 aromatic heterocycles. The van der Waals surface area contributed by atoms with E-state index in [2.05, 4.69) is 4.98 Å². The Labute approximate surface area is 136 Å². The maximum absolute atomic E-state index is 12.2. The van der Waals surface area contributed by atoms with Crippen LogP contribution in [0.1, 0.15) is 22.7 Å². The highest BCUT2D eigenvalue weighted by molar-refractivity contribution is 5.45. The molecule has 0 radical (unpaired) electrons. The molecule has 0 fully saturated rings. The molecule has 3 heterocycles. The van der Waals surface area contributed by atoms with Gasteiger partial charge in [-0.25, -0.2) is 9.59 Å². The Morgan fingerprint density at radius 3 is 1.72 bits per heavy atom. The predicted octanol–water partition coefficient (Wildman–Crippen LogP) is -1.57. The van der Waals surface area contributed by atoms with E-state index in [4.69, 9.17) is 0 Å². The zero-order valence-electron chi connectivity index (χ0n) is 12.4. The van der Waals surface area contributed by atoms with E-state index in [1.807, 2.05) is 19.9 Å². The first kappa shape index (κ1) is 16.0. The largest absolute Gasteiger partial charge is 0.494 e. The van der Waals surface area contributed by atoms with Crippen LogP contribution in [0.25, 0.3) is 0 Å². The van der Waals surface area contributed by atoms with Crippen LogP contribution in [-0.2, 0) is 0 Å². The highest BCUT2D eigenvalue weighted by Gasteiger charge is 2.30. The molecule has 0 saturated carbocycles. The van der Waals surface area contributed by atoms with Gasteiger partial charge < -0.3 is 10.2 Å². The molecule has 0 aliphatic carbocycles. The first-order valence-corrected chi connectivity index (χ1v) is 6.90. The van der Waals surface area contributed by atoms with E-state index < -0.39 is 51.3 Å². The van der Waals surface area contributed by atoms with E-state index in [-0.39, 0.29) is 5.69 Å². The molecular formula is C14H11N5O6. The molecular weight excluding hydrogens is 334 g/mol. The van der Waals surface area contributed by atoms with E-state index in [1.54, 1.807) is 12.1 Å². The molecule has 0 saturated heterocycles. The Bertz CT molecular complexity index is 1080. The highest BCUT2D eigenvalue weighted by atomic mass is 16.3. The Hall–Kier alpha value is -3.89. The van der Waals surface area contributed by atoms with Gasteiger partial charge in [0.15, 0.2) is 0 Å². The number of nitrogens with zero attached hydrogens (tertiary/aromatic N) is 1. The minimum absolute atomic E-state index is 0.114. The lowest BCUT2D eigenvalue weighted by Crippen LogP contribution is -2.32. The van der Waals surface area contributed by atoms with Crippen LogP contribution in [0.3, 0.4) is 0 Å². The first-order valence-electron chi connectivity index (χ1n) is 6.90. The SMILES string of the molecule is O=c1[nH]c(O)c(C(c2ccccn2)c2c(O)[nH]c(=O)[nH]c2=O)c(=O)[nH]1. The topological polar surface area (TPSA) is 185 Å². The van der Waals surface area contributed by atoms with Crippen LogP contribution < -0.4 is 22.5 Å². The van der Waals surface area contributed by atoms with E-state index in [1.165, 1.54) is 12.3 Å². The number of aromatic amines is 4. The third kappa shape index (κ3) is 2.85. The first-order chi connectivity index (χ1) is 11.9. The molecule has 0 bridgehead atoms. The molecule has 6 N–H and O–H groups in total. The number of pyridine rings is 1. The van der Waals surface area contributed by atoms with Crippen molar-refractivity contribution in [1.82, 2.24) is 24.9 Å². The number of H-pyrrole nitrogens is 4. The average molecular weight is 345 g/mol. The number of hydrogen-bond acceptors (Lipinski definition) is 7. The standard InChI is InChI=1S/C14H11N5O6/c20-9-7(10(21)17-13(24)16-9)6(5-3-1-2-4-15-5)8-11(22)18-14(25)19-12(8)23/h1-4,6H,(H3,16,17,20,21,24)(H3,18,19,22,23,25). The third-order valence-corrected chi connectivity index (χ3v) is 3.48. The van der Waals surface area contributed by atoms with Gasteiger partial charge in [-0.2, -0.15) is 0 Å². The Morgan fingerprint density at radius 2 is 1.32 bits per heavy atom. The second kappa shape index (κ2) is 5.96. The van der Waals surface area contributed by atoms with Gasteiger partial charge in [0.05, 0.1) is 22.7 Å². The van der Waals surface area contributed by atoms with E-state index >= 15 is 0 Å². The molecule has 0 atom stereocenters. The van der Waals surface area contributed by atoms with Crippen LogP contribution in [0.5, 0.6) is 11.8 Å². The monoisotopic (exact) mass is 345 g/mol. The summed E-state index contributed by atoms with van der Waals surface area (Å²) in [6.45, 7) is 0. The van der Waals surface area contributed by atoms with Crippen LogP contribution in [0.4, 0.5) is 0 Å². The maximum atomic E-state index is 12.2.